The topological polar surface area (TPSA) is 26.3 Å². The first kappa shape index (κ1) is 20.6. The molecule has 0 saturated carbocycles. The molecular formula is C19H30O2S2. The van der Waals surface area contributed by atoms with Crippen LogP contribution in [-0.2, 0) is 16.0 Å². The molecule has 4 heteroatoms. The van der Waals surface area contributed by atoms with Crippen molar-refractivity contribution >= 4 is 27.4 Å². The molecule has 1 aromatic carbocycles. The lowest BCUT2D eigenvalue weighted by Crippen LogP contribution is -2.09. The summed E-state index contributed by atoms with van der Waals surface area (Å²) in [6.45, 7) is 7.28. The van der Waals surface area contributed by atoms with Crippen molar-refractivity contribution < 1.29 is 9.53 Å². The molecule has 23 heavy (non-hydrogen) atoms. The Balaban J connectivity index is 2.30. The molecule has 0 amide bonds. The molecule has 0 spiro atoms. The number of hydrogen-bond donors (Lipinski definition) is 0. The van der Waals surface area contributed by atoms with Crippen LogP contribution in [0.4, 0.5) is 0 Å². The van der Waals surface area contributed by atoms with Crippen LogP contribution < -0.4 is 0 Å². The Kier molecular flexibility index (Phi) is 10.7. The van der Waals surface area contributed by atoms with Crippen LogP contribution in [0.3, 0.4) is 0 Å². The maximum absolute atomic E-state index is 12.3. The third-order valence-corrected chi connectivity index (χ3v) is 6.17. The Morgan fingerprint density at radius 2 is 1.74 bits per heavy atom. The standard InChI is InChI=1S/C19H30O2S2/c1-15(2)14-17-7-9-18(10-8-17)16(3)19(20)6-5-12-22-23-13-11-21-4/h7-10,15-16H,5-6,11-14H2,1-4H3. The third kappa shape index (κ3) is 8.83. The lowest BCUT2D eigenvalue weighted by molar-refractivity contribution is -0.120. The smallest absolute Gasteiger partial charge is 0.140 e. The van der Waals surface area contributed by atoms with Crippen LogP contribution in [-0.4, -0.2) is 31.0 Å². The highest BCUT2D eigenvalue weighted by molar-refractivity contribution is 8.76. The highest BCUT2D eigenvalue weighted by Gasteiger charge is 2.14. The van der Waals surface area contributed by atoms with Crippen molar-refractivity contribution in [1.29, 1.82) is 0 Å². The van der Waals surface area contributed by atoms with Crippen molar-refractivity contribution in [2.45, 2.75) is 46.0 Å². The van der Waals surface area contributed by atoms with Gasteiger partial charge in [0.1, 0.15) is 5.78 Å². The van der Waals surface area contributed by atoms with Crippen LogP contribution >= 0.6 is 21.6 Å². The van der Waals surface area contributed by atoms with Crippen LogP contribution in [0.2, 0.25) is 0 Å². The number of methoxy groups -OCH3 is 1. The van der Waals surface area contributed by atoms with E-state index in [-0.39, 0.29) is 5.92 Å². The van der Waals surface area contributed by atoms with E-state index in [1.54, 1.807) is 7.11 Å². The molecule has 1 aromatic rings. The van der Waals surface area contributed by atoms with E-state index in [1.807, 2.05) is 28.5 Å². The summed E-state index contributed by atoms with van der Waals surface area (Å²) < 4.78 is 5.01. The van der Waals surface area contributed by atoms with E-state index in [4.69, 9.17) is 4.74 Å². The summed E-state index contributed by atoms with van der Waals surface area (Å²) in [5.41, 5.74) is 2.50. The minimum absolute atomic E-state index is 0.00856. The Hall–Kier alpha value is -0.450. The lowest BCUT2D eigenvalue weighted by atomic mass is 9.92. The van der Waals surface area contributed by atoms with Gasteiger partial charge in [-0.15, -0.1) is 0 Å². The van der Waals surface area contributed by atoms with E-state index < -0.39 is 0 Å². The van der Waals surface area contributed by atoms with Crippen molar-refractivity contribution in [3.63, 3.8) is 0 Å². The number of Topliss-reactive ketones (excluding diaryl/α,β-unsaturated/α-hetero) is 1. The summed E-state index contributed by atoms with van der Waals surface area (Å²) in [4.78, 5) is 12.3. The van der Waals surface area contributed by atoms with Crippen molar-refractivity contribution in [3.8, 4) is 0 Å². The molecule has 0 radical (unpaired) electrons. The fourth-order valence-electron chi connectivity index (χ4n) is 2.36. The highest BCUT2D eigenvalue weighted by atomic mass is 33.1. The van der Waals surface area contributed by atoms with E-state index in [0.29, 0.717) is 18.1 Å². The summed E-state index contributed by atoms with van der Waals surface area (Å²) >= 11 is 0. The van der Waals surface area contributed by atoms with Gasteiger partial charge < -0.3 is 4.74 Å². The Morgan fingerprint density at radius 3 is 2.35 bits per heavy atom. The second-order valence-electron chi connectivity index (χ2n) is 6.27. The van der Waals surface area contributed by atoms with Crippen LogP contribution in [0.1, 0.15) is 50.7 Å². The van der Waals surface area contributed by atoms with Crippen LogP contribution in [0.25, 0.3) is 0 Å². The van der Waals surface area contributed by atoms with Gasteiger partial charge in [-0.25, -0.2) is 0 Å². The monoisotopic (exact) mass is 354 g/mol. The van der Waals surface area contributed by atoms with E-state index >= 15 is 0 Å². The van der Waals surface area contributed by atoms with Gasteiger partial charge in [-0.3, -0.25) is 4.79 Å². The Bertz CT molecular complexity index is 443. The van der Waals surface area contributed by atoms with E-state index in [2.05, 4.69) is 38.1 Å². The molecule has 0 N–H and O–H groups in total. The van der Waals surface area contributed by atoms with Crippen LogP contribution in [0, 0.1) is 5.92 Å². The molecular weight excluding hydrogens is 324 g/mol. The summed E-state index contributed by atoms with van der Waals surface area (Å²) in [5.74, 6) is 3.06. The largest absolute Gasteiger partial charge is 0.384 e. The molecule has 0 fully saturated rings. The minimum Gasteiger partial charge on any atom is -0.384 e. The quantitative estimate of drug-likeness (QED) is 0.372. The molecule has 2 nitrogen and oxygen atoms in total. The first-order chi connectivity index (χ1) is 11.0. The van der Waals surface area contributed by atoms with Crippen molar-refractivity contribution in [1.82, 2.24) is 0 Å². The van der Waals surface area contributed by atoms with E-state index in [0.717, 1.165) is 36.5 Å². The summed E-state index contributed by atoms with van der Waals surface area (Å²) in [5, 5.41) is 0. The van der Waals surface area contributed by atoms with Crippen LogP contribution in [0.5, 0.6) is 0 Å². The molecule has 0 saturated heterocycles. The van der Waals surface area contributed by atoms with Crippen molar-refractivity contribution in [2.24, 2.45) is 5.92 Å². The van der Waals surface area contributed by atoms with Gasteiger partial charge in [-0.2, -0.15) is 0 Å². The molecule has 0 aromatic heterocycles. The van der Waals surface area contributed by atoms with Crippen molar-refractivity contribution in [3.05, 3.63) is 35.4 Å². The van der Waals surface area contributed by atoms with Gasteiger partial charge in [0.2, 0.25) is 0 Å². The number of carbonyl (C=O) groups is 1. The van der Waals surface area contributed by atoms with Gasteiger partial charge >= 0.3 is 0 Å². The second-order valence-corrected chi connectivity index (χ2v) is 8.97. The predicted octanol–water partition coefficient (Wildman–Crippen LogP) is 5.37. The fourth-order valence-corrected chi connectivity index (χ4v) is 4.35. The maximum atomic E-state index is 12.3. The number of benzene rings is 1. The fraction of sp³-hybridized carbons (Fsp3) is 0.632. The third-order valence-electron chi connectivity index (χ3n) is 3.71. The van der Waals surface area contributed by atoms with E-state index in [9.17, 15) is 4.79 Å². The highest BCUT2D eigenvalue weighted by Crippen LogP contribution is 2.24. The molecule has 1 atom stereocenters. The first-order valence-electron chi connectivity index (χ1n) is 8.39. The molecule has 1 rings (SSSR count). The first-order valence-corrected chi connectivity index (χ1v) is 10.9. The SMILES string of the molecule is COCCSSCCCC(=O)C(C)c1ccc(CC(C)C)cc1. The van der Waals surface area contributed by atoms with E-state index in [1.165, 1.54) is 5.56 Å². The number of carbonyl (C=O) groups excluding carboxylic acids is 1. The Morgan fingerprint density at radius 1 is 1.09 bits per heavy atom. The van der Waals surface area contributed by atoms with Gasteiger partial charge in [0.15, 0.2) is 0 Å². The molecule has 0 aliphatic heterocycles. The lowest BCUT2D eigenvalue weighted by Gasteiger charge is -2.12. The average Bonchev–Trinajstić information content (AvgIpc) is 2.53. The zero-order valence-corrected chi connectivity index (χ0v) is 16.5. The number of rotatable bonds is 12. The summed E-state index contributed by atoms with van der Waals surface area (Å²) in [7, 11) is 5.38. The predicted molar refractivity (Wildman–Crippen MR) is 104 cm³/mol. The molecule has 0 bridgehead atoms. The number of hydrogen-bond acceptors (Lipinski definition) is 4. The molecule has 1 unspecified atom stereocenters. The second kappa shape index (κ2) is 12.0. The molecule has 0 heterocycles. The average molecular weight is 355 g/mol. The van der Waals surface area contributed by atoms with Crippen LogP contribution in [0.15, 0.2) is 24.3 Å². The number of ether oxygens (including phenoxy) is 1. The molecule has 0 aliphatic rings. The normalized spacial score (nSPS) is 12.6. The summed E-state index contributed by atoms with van der Waals surface area (Å²) in [6.07, 6.45) is 2.73. The van der Waals surface area contributed by atoms with Gasteiger partial charge in [0, 0.05) is 31.0 Å². The summed E-state index contributed by atoms with van der Waals surface area (Å²) in [6, 6.07) is 8.58. The van der Waals surface area contributed by atoms with Gasteiger partial charge in [-0.1, -0.05) is 66.6 Å². The van der Waals surface area contributed by atoms with Gasteiger partial charge in [-0.05, 0) is 29.9 Å². The Labute approximate surface area is 149 Å². The number of ketones is 1. The zero-order chi connectivity index (χ0) is 17.1. The minimum atomic E-state index is 0.00856. The maximum Gasteiger partial charge on any atom is 0.140 e. The van der Waals surface area contributed by atoms with Crippen molar-refractivity contribution in [2.75, 3.05) is 25.2 Å². The van der Waals surface area contributed by atoms with Gasteiger partial charge in [0.25, 0.3) is 0 Å². The zero-order valence-electron chi connectivity index (χ0n) is 14.8. The van der Waals surface area contributed by atoms with Gasteiger partial charge in [0.05, 0.1) is 6.61 Å². The molecule has 0 aliphatic carbocycles. The molecule has 130 valence electrons.